The van der Waals surface area contributed by atoms with E-state index in [1.165, 1.54) is 27.4 Å². The van der Waals surface area contributed by atoms with Crippen LogP contribution < -0.4 is 0 Å². The van der Waals surface area contributed by atoms with Crippen LogP contribution in [-0.4, -0.2) is 4.98 Å². The zero-order chi connectivity index (χ0) is 11.3. The van der Waals surface area contributed by atoms with Crippen molar-refractivity contribution in [3.8, 4) is 0 Å². The molecule has 0 atom stereocenters. The number of nitrogens with one attached hydrogen (secondary N) is 1. The Bertz CT molecular complexity index is 698. The maximum Gasteiger partial charge on any atom is 0.0468 e. The second-order valence-corrected chi connectivity index (χ2v) is 5.68. The number of aryl methyl sites for hydroxylation is 1. The number of fused-ring (bicyclic) bond motifs is 3. The fourth-order valence-corrected chi connectivity index (χ4v) is 2.81. The van der Waals surface area contributed by atoms with Gasteiger partial charge in [-0.15, -0.1) is 0 Å². The van der Waals surface area contributed by atoms with E-state index in [1.807, 2.05) is 0 Å². The predicted octanol–water partition coefficient (Wildman–Crippen LogP) is 5.15. The fourth-order valence-electron chi connectivity index (χ4n) is 2.11. The lowest BCUT2D eigenvalue weighted by Gasteiger charge is -2.00. The second kappa shape index (κ2) is 3.60. The summed E-state index contributed by atoms with van der Waals surface area (Å²) >= 11 is 7.10. The van der Waals surface area contributed by atoms with Gasteiger partial charge in [0.15, 0.2) is 0 Å². The van der Waals surface area contributed by atoms with Gasteiger partial charge < -0.3 is 4.98 Å². The Morgan fingerprint density at radius 2 is 1.75 bits per heavy atom. The third kappa shape index (κ3) is 1.42. The zero-order valence-electron chi connectivity index (χ0n) is 8.64. The summed E-state index contributed by atoms with van der Waals surface area (Å²) in [4.78, 5) is 3.43. The van der Waals surface area contributed by atoms with Crippen molar-refractivity contribution in [2.24, 2.45) is 0 Å². The molecule has 0 spiro atoms. The molecule has 0 saturated heterocycles. The first-order valence-corrected chi connectivity index (χ1v) is 6.61. The summed E-state index contributed by atoms with van der Waals surface area (Å²) in [6.07, 6.45) is 0. The lowest BCUT2D eigenvalue weighted by molar-refractivity contribution is 1.48. The van der Waals surface area contributed by atoms with E-state index in [9.17, 15) is 0 Å². The molecule has 80 valence electrons. The molecule has 3 rings (SSSR count). The molecule has 0 aliphatic heterocycles. The van der Waals surface area contributed by atoms with Gasteiger partial charge in [-0.1, -0.05) is 31.9 Å². The Morgan fingerprint density at radius 1 is 1.00 bits per heavy atom. The highest BCUT2D eigenvalue weighted by Gasteiger charge is 2.08. The number of aromatic amines is 1. The molecule has 1 nitrogen and oxygen atoms in total. The summed E-state index contributed by atoms with van der Waals surface area (Å²) in [5, 5.41) is 2.56. The Hall–Kier alpha value is -0.800. The van der Waals surface area contributed by atoms with Crippen molar-refractivity contribution < 1.29 is 0 Å². The van der Waals surface area contributed by atoms with Gasteiger partial charge in [-0.2, -0.15) is 0 Å². The summed E-state index contributed by atoms with van der Waals surface area (Å²) in [5.41, 5.74) is 3.65. The molecule has 1 aromatic heterocycles. The van der Waals surface area contributed by atoms with Crippen LogP contribution in [0.25, 0.3) is 21.8 Å². The summed E-state index contributed by atoms with van der Waals surface area (Å²) in [5.74, 6) is 0. The van der Waals surface area contributed by atoms with Crippen molar-refractivity contribution in [1.82, 2.24) is 4.98 Å². The van der Waals surface area contributed by atoms with Crippen LogP contribution in [-0.2, 0) is 0 Å². The van der Waals surface area contributed by atoms with Gasteiger partial charge in [0.25, 0.3) is 0 Å². The summed E-state index contributed by atoms with van der Waals surface area (Å²) in [7, 11) is 0. The third-order valence-electron chi connectivity index (χ3n) is 2.92. The normalized spacial score (nSPS) is 11.4. The van der Waals surface area contributed by atoms with E-state index in [4.69, 9.17) is 0 Å². The Morgan fingerprint density at radius 3 is 2.56 bits per heavy atom. The maximum absolute atomic E-state index is 3.58. The molecule has 0 aliphatic carbocycles. The first-order chi connectivity index (χ1) is 7.66. The third-order valence-corrected chi connectivity index (χ3v) is 4.27. The highest BCUT2D eigenvalue weighted by molar-refractivity contribution is 9.10. The quantitative estimate of drug-likeness (QED) is 0.583. The van der Waals surface area contributed by atoms with E-state index in [2.05, 4.69) is 74.1 Å². The van der Waals surface area contributed by atoms with Crippen LogP contribution in [0.2, 0.25) is 0 Å². The van der Waals surface area contributed by atoms with Gasteiger partial charge in [0.2, 0.25) is 0 Å². The Kier molecular flexibility index (Phi) is 2.33. The standard InChI is InChI=1S/C13H9Br2N/c1-7-10(15)3-5-12-13(7)9-6-8(14)2-4-11(9)16-12/h2-6,16H,1H3. The molecule has 0 radical (unpaired) electrons. The highest BCUT2D eigenvalue weighted by Crippen LogP contribution is 2.33. The largest absolute Gasteiger partial charge is 0.355 e. The average Bonchev–Trinajstić information content (AvgIpc) is 2.62. The molecule has 0 unspecified atom stereocenters. The molecule has 16 heavy (non-hydrogen) atoms. The molecule has 1 N–H and O–H groups in total. The Balaban J connectivity index is 2.60. The van der Waals surface area contributed by atoms with Crippen LogP contribution in [0, 0.1) is 6.92 Å². The van der Waals surface area contributed by atoms with Gasteiger partial charge in [0.1, 0.15) is 0 Å². The number of H-pyrrole nitrogens is 1. The smallest absolute Gasteiger partial charge is 0.0468 e. The lowest BCUT2D eigenvalue weighted by Crippen LogP contribution is -1.77. The van der Waals surface area contributed by atoms with Gasteiger partial charge in [-0.05, 0) is 42.8 Å². The number of hydrogen-bond donors (Lipinski definition) is 1. The molecule has 3 aromatic rings. The first-order valence-electron chi connectivity index (χ1n) is 5.03. The molecule has 0 bridgehead atoms. The number of rotatable bonds is 0. The minimum absolute atomic E-state index is 1.11. The van der Waals surface area contributed by atoms with Gasteiger partial charge >= 0.3 is 0 Å². The summed E-state index contributed by atoms with van der Waals surface area (Å²) in [6, 6.07) is 10.5. The number of benzene rings is 2. The van der Waals surface area contributed by atoms with Crippen molar-refractivity contribution in [2.45, 2.75) is 6.92 Å². The average molecular weight is 339 g/mol. The van der Waals surface area contributed by atoms with Crippen molar-refractivity contribution in [1.29, 1.82) is 0 Å². The van der Waals surface area contributed by atoms with E-state index in [0.29, 0.717) is 0 Å². The van der Waals surface area contributed by atoms with Crippen LogP contribution in [0.3, 0.4) is 0 Å². The van der Waals surface area contributed by atoms with E-state index >= 15 is 0 Å². The highest BCUT2D eigenvalue weighted by atomic mass is 79.9. The van der Waals surface area contributed by atoms with E-state index in [0.717, 1.165) is 8.95 Å². The minimum atomic E-state index is 1.11. The molecular weight excluding hydrogens is 330 g/mol. The molecule has 0 amide bonds. The lowest BCUT2D eigenvalue weighted by atomic mass is 10.1. The predicted molar refractivity (Wildman–Crippen MR) is 75.9 cm³/mol. The van der Waals surface area contributed by atoms with E-state index in [-0.39, 0.29) is 0 Å². The first kappa shape index (κ1) is 10.4. The summed E-state index contributed by atoms with van der Waals surface area (Å²) in [6.45, 7) is 2.14. The van der Waals surface area contributed by atoms with E-state index < -0.39 is 0 Å². The monoisotopic (exact) mass is 337 g/mol. The minimum Gasteiger partial charge on any atom is -0.355 e. The number of hydrogen-bond acceptors (Lipinski definition) is 0. The van der Waals surface area contributed by atoms with E-state index in [1.54, 1.807) is 0 Å². The van der Waals surface area contributed by atoms with Gasteiger partial charge in [0.05, 0.1) is 0 Å². The van der Waals surface area contributed by atoms with Crippen LogP contribution in [0.1, 0.15) is 5.56 Å². The van der Waals surface area contributed by atoms with Crippen molar-refractivity contribution in [3.63, 3.8) is 0 Å². The Labute approximate surface area is 110 Å². The zero-order valence-corrected chi connectivity index (χ0v) is 11.8. The molecule has 2 aromatic carbocycles. The second-order valence-electron chi connectivity index (χ2n) is 3.91. The molecular formula is C13H9Br2N. The molecule has 3 heteroatoms. The van der Waals surface area contributed by atoms with Crippen LogP contribution in [0.15, 0.2) is 39.3 Å². The number of aromatic nitrogens is 1. The molecule has 1 heterocycles. The summed E-state index contributed by atoms with van der Waals surface area (Å²) < 4.78 is 2.26. The van der Waals surface area contributed by atoms with Crippen LogP contribution in [0.4, 0.5) is 0 Å². The molecule has 0 fully saturated rings. The van der Waals surface area contributed by atoms with Crippen molar-refractivity contribution in [2.75, 3.05) is 0 Å². The molecule has 0 saturated carbocycles. The topological polar surface area (TPSA) is 15.8 Å². The maximum atomic E-state index is 3.58. The van der Waals surface area contributed by atoms with Crippen LogP contribution >= 0.6 is 31.9 Å². The van der Waals surface area contributed by atoms with Gasteiger partial charge in [0, 0.05) is 30.8 Å². The molecule has 0 aliphatic rings. The van der Waals surface area contributed by atoms with Crippen molar-refractivity contribution in [3.05, 3.63) is 44.8 Å². The van der Waals surface area contributed by atoms with Crippen LogP contribution in [0.5, 0.6) is 0 Å². The SMILES string of the molecule is Cc1c(Br)ccc2[nH]c3ccc(Br)cc3c12. The fraction of sp³-hybridized carbons (Fsp3) is 0.0769. The van der Waals surface area contributed by atoms with Gasteiger partial charge in [-0.3, -0.25) is 0 Å². The number of halogens is 2. The van der Waals surface area contributed by atoms with Crippen molar-refractivity contribution >= 4 is 53.7 Å². The van der Waals surface area contributed by atoms with Gasteiger partial charge in [-0.25, -0.2) is 0 Å².